The minimum Gasteiger partial charge on any atom is -0.497 e. The fraction of sp³-hybridized carbons (Fsp3) is 0.304. The number of fused-ring (bicyclic) bond motifs is 1. The van der Waals surface area contributed by atoms with Crippen molar-refractivity contribution < 1.29 is 19.0 Å². The highest BCUT2D eigenvalue weighted by atomic mass is 16.5. The highest BCUT2D eigenvalue weighted by Crippen LogP contribution is 2.38. The average molecular weight is 392 g/mol. The quantitative estimate of drug-likeness (QED) is 0.654. The predicted molar refractivity (Wildman–Crippen MR) is 110 cm³/mol. The molecule has 0 saturated heterocycles. The van der Waals surface area contributed by atoms with E-state index in [1.807, 2.05) is 54.1 Å². The van der Waals surface area contributed by atoms with Gasteiger partial charge in [0, 0.05) is 6.42 Å². The van der Waals surface area contributed by atoms with E-state index in [-0.39, 0.29) is 11.7 Å². The number of hydrogen-bond donors (Lipinski definition) is 0. The van der Waals surface area contributed by atoms with E-state index in [1.165, 1.54) is 0 Å². The second kappa shape index (κ2) is 7.62. The van der Waals surface area contributed by atoms with Crippen molar-refractivity contribution in [1.29, 1.82) is 0 Å². The van der Waals surface area contributed by atoms with Gasteiger partial charge in [-0.2, -0.15) is 5.10 Å². The molecule has 0 spiro atoms. The van der Waals surface area contributed by atoms with Crippen molar-refractivity contribution in [2.24, 2.45) is 0 Å². The number of aromatic nitrogens is 2. The van der Waals surface area contributed by atoms with Crippen LogP contribution in [0.15, 0.2) is 42.5 Å². The molecule has 1 aliphatic carbocycles. The van der Waals surface area contributed by atoms with Crippen LogP contribution in [0.25, 0.3) is 5.69 Å². The van der Waals surface area contributed by atoms with Crippen molar-refractivity contribution in [3.63, 3.8) is 0 Å². The lowest BCUT2D eigenvalue weighted by Gasteiger charge is -2.24. The zero-order valence-corrected chi connectivity index (χ0v) is 17.1. The summed E-state index contributed by atoms with van der Waals surface area (Å²) in [6.07, 6.45) is 1.18. The number of Topliss-reactive ketones (excluding diaryl/α,β-unsaturated/α-hetero) is 1. The number of carbonyl (C=O) groups is 1. The molecule has 0 radical (unpaired) electrons. The molecule has 29 heavy (non-hydrogen) atoms. The van der Waals surface area contributed by atoms with E-state index in [0.29, 0.717) is 17.9 Å². The lowest BCUT2D eigenvalue weighted by Crippen LogP contribution is -2.20. The first-order chi connectivity index (χ1) is 14.0. The van der Waals surface area contributed by atoms with Crippen LogP contribution in [0.5, 0.6) is 17.2 Å². The van der Waals surface area contributed by atoms with E-state index in [0.717, 1.165) is 40.4 Å². The first kappa shape index (κ1) is 19.1. The Morgan fingerprint density at radius 2 is 1.66 bits per heavy atom. The van der Waals surface area contributed by atoms with Crippen molar-refractivity contribution in [3.05, 3.63) is 65.0 Å². The molecule has 1 heterocycles. The second-order valence-corrected chi connectivity index (χ2v) is 7.16. The number of hydrogen-bond acceptors (Lipinski definition) is 5. The molecule has 0 fully saturated rings. The Hall–Kier alpha value is -3.28. The zero-order chi connectivity index (χ0) is 20.5. The molecule has 1 atom stereocenters. The Morgan fingerprint density at radius 1 is 0.931 bits per heavy atom. The lowest BCUT2D eigenvalue weighted by atomic mass is 9.81. The van der Waals surface area contributed by atoms with E-state index in [9.17, 15) is 4.79 Å². The minimum atomic E-state index is 0.0582. The van der Waals surface area contributed by atoms with Crippen LogP contribution in [-0.4, -0.2) is 36.9 Å². The maximum absolute atomic E-state index is 13.0. The normalized spacial score (nSPS) is 15.7. The van der Waals surface area contributed by atoms with Gasteiger partial charge in [0.05, 0.1) is 44.0 Å². The second-order valence-electron chi connectivity index (χ2n) is 7.16. The molecular weight excluding hydrogens is 368 g/mol. The summed E-state index contributed by atoms with van der Waals surface area (Å²) in [6.45, 7) is 1.90. The Labute approximate surface area is 170 Å². The summed E-state index contributed by atoms with van der Waals surface area (Å²) >= 11 is 0. The smallest absolute Gasteiger partial charge is 0.167 e. The van der Waals surface area contributed by atoms with Crippen LogP contribution in [0.4, 0.5) is 0 Å². The number of methoxy groups -OCH3 is 3. The van der Waals surface area contributed by atoms with Gasteiger partial charge in [-0.05, 0) is 61.2 Å². The molecule has 0 amide bonds. The standard InChI is InChI=1S/C23H24N2O4/c1-14-23-19(25(24-14)17-6-8-18(27-2)9-7-17)11-16(12-20(23)26)15-5-10-21(28-3)22(13-15)29-4/h5-10,13,16H,11-12H2,1-4H3/t16-/m1/s1. The van der Waals surface area contributed by atoms with E-state index in [2.05, 4.69) is 5.10 Å². The highest BCUT2D eigenvalue weighted by molar-refractivity contribution is 6.00. The van der Waals surface area contributed by atoms with Crippen molar-refractivity contribution >= 4 is 5.78 Å². The van der Waals surface area contributed by atoms with Gasteiger partial charge in [0.25, 0.3) is 0 Å². The summed E-state index contributed by atoms with van der Waals surface area (Å²) in [5, 5.41) is 4.67. The number of nitrogens with zero attached hydrogens (tertiary/aromatic N) is 2. The summed E-state index contributed by atoms with van der Waals surface area (Å²) in [6, 6.07) is 13.6. The Balaban J connectivity index is 1.74. The van der Waals surface area contributed by atoms with Gasteiger partial charge in [0.1, 0.15) is 5.75 Å². The van der Waals surface area contributed by atoms with Crippen molar-refractivity contribution in [3.8, 4) is 22.9 Å². The van der Waals surface area contributed by atoms with Crippen molar-refractivity contribution in [1.82, 2.24) is 9.78 Å². The molecule has 2 aromatic carbocycles. The third-order valence-corrected chi connectivity index (χ3v) is 5.50. The maximum Gasteiger partial charge on any atom is 0.167 e. The van der Waals surface area contributed by atoms with Crippen molar-refractivity contribution in [2.75, 3.05) is 21.3 Å². The monoisotopic (exact) mass is 392 g/mol. The summed E-state index contributed by atoms with van der Waals surface area (Å²) in [4.78, 5) is 13.0. The molecule has 1 aliphatic rings. The summed E-state index contributed by atoms with van der Waals surface area (Å²) in [5.41, 5.74) is 4.44. The number of ketones is 1. The largest absolute Gasteiger partial charge is 0.497 e. The summed E-state index contributed by atoms with van der Waals surface area (Å²) in [7, 11) is 4.87. The van der Waals surface area contributed by atoms with Crippen LogP contribution in [-0.2, 0) is 6.42 Å². The van der Waals surface area contributed by atoms with E-state index in [1.54, 1.807) is 21.3 Å². The van der Waals surface area contributed by atoms with Gasteiger partial charge < -0.3 is 14.2 Å². The SMILES string of the molecule is COc1ccc(-n2nc(C)c3c2C[C@@H](c2ccc(OC)c(OC)c2)CC3=O)cc1. The summed E-state index contributed by atoms with van der Waals surface area (Å²) < 4.78 is 17.9. The molecule has 6 nitrogen and oxygen atoms in total. The number of rotatable bonds is 5. The van der Waals surface area contributed by atoms with Crippen LogP contribution in [0, 0.1) is 6.92 Å². The number of carbonyl (C=O) groups excluding carboxylic acids is 1. The van der Waals surface area contributed by atoms with E-state index in [4.69, 9.17) is 14.2 Å². The molecule has 0 bridgehead atoms. The van der Waals surface area contributed by atoms with E-state index < -0.39 is 0 Å². The minimum absolute atomic E-state index is 0.0582. The van der Waals surface area contributed by atoms with Crippen LogP contribution in [0.1, 0.15) is 39.6 Å². The van der Waals surface area contributed by atoms with Gasteiger partial charge in [-0.1, -0.05) is 6.07 Å². The topological polar surface area (TPSA) is 62.6 Å². The van der Waals surface area contributed by atoms with Crippen LogP contribution >= 0.6 is 0 Å². The zero-order valence-electron chi connectivity index (χ0n) is 17.1. The molecule has 0 unspecified atom stereocenters. The van der Waals surface area contributed by atoms with Gasteiger partial charge in [-0.3, -0.25) is 4.79 Å². The fourth-order valence-corrected chi connectivity index (χ4v) is 4.04. The molecule has 4 rings (SSSR count). The van der Waals surface area contributed by atoms with Gasteiger partial charge in [0.2, 0.25) is 0 Å². The molecule has 0 saturated carbocycles. The summed E-state index contributed by atoms with van der Waals surface area (Å²) in [5.74, 6) is 2.32. The van der Waals surface area contributed by atoms with Crippen LogP contribution < -0.4 is 14.2 Å². The number of aryl methyl sites for hydroxylation is 1. The third kappa shape index (κ3) is 3.35. The molecular formula is C23H24N2O4. The average Bonchev–Trinajstić information content (AvgIpc) is 3.10. The van der Waals surface area contributed by atoms with Gasteiger partial charge in [-0.25, -0.2) is 4.68 Å². The van der Waals surface area contributed by atoms with Crippen LogP contribution in [0.3, 0.4) is 0 Å². The van der Waals surface area contributed by atoms with Gasteiger partial charge in [0.15, 0.2) is 17.3 Å². The predicted octanol–water partition coefficient (Wildman–Crippen LogP) is 4.12. The molecule has 3 aromatic rings. The molecule has 6 heteroatoms. The first-order valence-corrected chi connectivity index (χ1v) is 9.53. The lowest BCUT2D eigenvalue weighted by molar-refractivity contribution is 0.0963. The van der Waals surface area contributed by atoms with Gasteiger partial charge >= 0.3 is 0 Å². The van der Waals surface area contributed by atoms with Gasteiger partial charge in [-0.15, -0.1) is 0 Å². The number of benzene rings is 2. The molecule has 150 valence electrons. The molecule has 0 aliphatic heterocycles. The maximum atomic E-state index is 13.0. The third-order valence-electron chi connectivity index (χ3n) is 5.50. The van der Waals surface area contributed by atoms with E-state index >= 15 is 0 Å². The number of ether oxygens (including phenoxy) is 3. The fourth-order valence-electron chi connectivity index (χ4n) is 4.04. The first-order valence-electron chi connectivity index (χ1n) is 9.53. The molecule has 1 aromatic heterocycles. The Kier molecular flexibility index (Phi) is 5.01. The highest BCUT2D eigenvalue weighted by Gasteiger charge is 2.32. The Bertz CT molecular complexity index is 1050. The van der Waals surface area contributed by atoms with Crippen LogP contribution in [0.2, 0.25) is 0 Å². The molecule has 0 N–H and O–H groups in total. The Morgan fingerprint density at radius 3 is 2.31 bits per heavy atom. The van der Waals surface area contributed by atoms with Crippen molar-refractivity contribution in [2.45, 2.75) is 25.7 Å².